The molecule has 2 atom stereocenters. The minimum absolute atomic E-state index is 0. The maximum absolute atomic E-state index is 13.8. The maximum Gasteiger partial charge on any atom is 0.261 e. The van der Waals surface area contributed by atoms with Gasteiger partial charge in [-0.3, -0.25) is 9.48 Å². The van der Waals surface area contributed by atoms with Crippen LogP contribution in [0.25, 0.3) is 11.3 Å². The first-order valence-corrected chi connectivity index (χ1v) is 11.7. The van der Waals surface area contributed by atoms with E-state index in [0.717, 1.165) is 27.9 Å². The van der Waals surface area contributed by atoms with Crippen LogP contribution in [0.3, 0.4) is 0 Å². The van der Waals surface area contributed by atoms with Gasteiger partial charge in [-0.05, 0) is 52.7 Å². The molecule has 2 aliphatic rings. The quantitative estimate of drug-likeness (QED) is 0.461. The molecule has 0 spiro atoms. The molecular formula is C21H19BrClF3N4O2S. The van der Waals surface area contributed by atoms with Crippen molar-refractivity contribution in [3.63, 3.8) is 0 Å². The van der Waals surface area contributed by atoms with Crippen LogP contribution in [0.2, 0.25) is 0 Å². The zero-order valence-electron chi connectivity index (χ0n) is 17.0. The third kappa shape index (κ3) is 4.51. The average molecular weight is 564 g/mol. The summed E-state index contributed by atoms with van der Waals surface area (Å²) in [7, 11) is 0. The van der Waals surface area contributed by atoms with Crippen LogP contribution >= 0.6 is 39.7 Å². The first-order chi connectivity index (χ1) is 15.4. The van der Waals surface area contributed by atoms with Crippen LogP contribution in [0.4, 0.5) is 13.2 Å². The molecule has 3 aromatic rings. The Morgan fingerprint density at radius 3 is 2.79 bits per heavy atom. The number of nitrogens with zero attached hydrogens (tertiary/aromatic N) is 2. The fourth-order valence-electron chi connectivity index (χ4n) is 4.22. The standard InChI is InChI=1S/C21H18BrF3N4O2S.ClH/c22-13-8-27-29-3-4-31-21-12(19(13)29)7-17(32-21)20(30)28-16-9-26-2-1-11(16)10-5-14(23)18(25)15(24)6-10;/h5-8,11,16,26H,1-4,9H2,(H,28,30);1H/t11-,16+;/m0./s1. The van der Waals surface area contributed by atoms with Crippen LogP contribution in [-0.4, -0.2) is 41.4 Å². The highest BCUT2D eigenvalue weighted by molar-refractivity contribution is 9.10. The second kappa shape index (κ2) is 9.65. The number of fused-ring (bicyclic) bond motifs is 3. The van der Waals surface area contributed by atoms with Gasteiger partial charge in [0.05, 0.1) is 33.3 Å². The van der Waals surface area contributed by atoms with E-state index in [1.807, 2.05) is 4.68 Å². The maximum atomic E-state index is 13.8. The number of benzene rings is 1. The highest BCUT2D eigenvalue weighted by atomic mass is 79.9. The van der Waals surface area contributed by atoms with E-state index in [0.29, 0.717) is 48.2 Å². The van der Waals surface area contributed by atoms with Crippen LogP contribution < -0.4 is 15.4 Å². The molecule has 12 heteroatoms. The summed E-state index contributed by atoms with van der Waals surface area (Å²) < 4.78 is 49.5. The van der Waals surface area contributed by atoms with Crippen molar-refractivity contribution in [3.8, 4) is 16.3 Å². The first-order valence-electron chi connectivity index (χ1n) is 10.1. The van der Waals surface area contributed by atoms with Crippen molar-refractivity contribution < 1.29 is 22.7 Å². The molecule has 2 aromatic heterocycles. The van der Waals surface area contributed by atoms with Crippen molar-refractivity contribution in [2.45, 2.75) is 24.9 Å². The summed E-state index contributed by atoms with van der Waals surface area (Å²) in [6, 6.07) is 3.36. The SMILES string of the molecule is Cl.O=C(N[C@@H]1CNCC[C@H]1c1cc(F)c(F)c(F)c1)c1cc2c(s1)OCCn1ncc(Br)c1-2. The van der Waals surface area contributed by atoms with Gasteiger partial charge in [0.15, 0.2) is 22.5 Å². The Morgan fingerprint density at radius 1 is 1.27 bits per heavy atom. The summed E-state index contributed by atoms with van der Waals surface area (Å²) in [6.45, 7) is 2.09. The second-order valence-electron chi connectivity index (χ2n) is 7.70. The number of nitrogens with one attached hydrogen (secondary N) is 2. The summed E-state index contributed by atoms with van der Waals surface area (Å²) in [4.78, 5) is 13.5. The summed E-state index contributed by atoms with van der Waals surface area (Å²) >= 11 is 4.74. The third-order valence-corrected chi connectivity index (χ3v) is 7.37. The van der Waals surface area contributed by atoms with Crippen molar-refractivity contribution in [3.05, 3.63) is 56.8 Å². The lowest BCUT2D eigenvalue weighted by molar-refractivity contribution is 0.0928. The summed E-state index contributed by atoms with van der Waals surface area (Å²) in [6.07, 6.45) is 2.26. The van der Waals surface area contributed by atoms with E-state index >= 15 is 0 Å². The van der Waals surface area contributed by atoms with Gasteiger partial charge >= 0.3 is 0 Å². The average Bonchev–Trinajstić information content (AvgIpc) is 3.30. The number of thiophene rings is 1. The van der Waals surface area contributed by atoms with Gasteiger partial charge in [-0.15, -0.1) is 12.4 Å². The number of hydrogen-bond donors (Lipinski definition) is 2. The zero-order chi connectivity index (χ0) is 22.4. The Hall–Kier alpha value is -2.08. The van der Waals surface area contributed by atoms with Crippen LogP contribution in [-0.2, 0) is 6.54 Å². The molecular weight excluding hydrogens is 545 g/mol. The summed E-state index contributed by atoms with van der Waals surface area (Å²) in [5, 5.41) is 11.1. The number of halogens is 5. The molecule has 1 fully saturated rings. The normalized spacial score (nSPS) is 19.5. The van der Waals surface area contributed by atoms with Crippen LogP contribution in [0.5, 0.6) is 5.06 Å². The minimum Gasteiger partial charge on any atom is -0.481 e. The number of ether oxygens (including phenoxy) is 1. The number of carbonyl (C=O) groups is 1. The van der Waals surface area contributed by atoms with Gasteiger partial charge in [0.25, 0.3) is 5.91 Å². The molecule has 0 saturated carbocycles. The van der Waals surface area contributed by atoms with Crippen molar-refractivity contribution in [1.82, 2.24) is 20.4 Å². The predicted molar refractivity (Wildman–Crippen MR) is 124 cm³/mol. The van der Waals surface area contributed by atoms with E-state index in [4.69, 9.17) is 4.74 Å². The lowest BCUT2D eigenvalue weighted by atomic mass is 9.85. The predicted octanol–water partition coefficient (Wildman–Crippen LogP) is 4.48. The number of hydrogen-bond acceptors (Lipinski definition) is 5. The minimum atomic E-state index is -1.49. The molecule has 4 heterocycles. The summed E-state index contributed by atoms with van der Waals surface area (Å²) in [5.74, 6) is -4.62. The van der Waals surface area contributed by atoms with Crippen molar-refractivity contribution in [1.29, 1.82) is 0 Å². The molecule has 0 bridgehead atoms. The molecule has 0 unspecified atom stereocenters. The van der Waals surface area contributed by atoms with Gasteiger partial charge in [0.2, 0.25) is 0 Å². The molecule has 6 nitrogen and oxygen atoms in total. The molecule has 2 N–H and O–H groups in total. The van der Waals surface area contributed by atoms with E-state index in [1.54, 1.807) is 12.3 Å². The van der Waals surface area contributed by atoms with Gasteiger partial charge < -0.3 is 15.4 Å². The lowest BCUT2D eigenvalue weighted by Crippen LogP contribution is -2.50. The molecule has 0 aliphatic carbocycles. The largest absolute Gasteiger partial charge is 0.481 e. The Bertz CT molecular complexity index is 1180. The number of piperidine rings is 1. The highest BCUT2D eigenvalue weighted by Gasteiger charge is 2.31. The van der Waals surface area contributed by atoms with E-state index in [-0.39, 0.29) is 24.2 Å². The number of carbonyl (C=O) groups excluding carboxylic acids is 1. The highest BCUT2D eigenvalue weighted by Crippen LogP contribution is 2.43. The van der Waals surface area contributed by atoms with E-state index in [1.165, 1.54) is 11.3 Å². The van der Waals surface area contributed by atoms with Crippen molar-refractivity contribution in [2.75, 3.05) is 19.7 Å². The van der Waals surface area contributed by atoms with Gasteiger partial charge in [0.1, 0.15) is 6.61 Å². The molecule has 2 aliphatic heterocycles. The van der Waals surface area contributed by atoms with Crippen molar-refractivity contribution >= 4 is 45.6 Å². The number of amides is 1. The van der Waals surface area contributed by atoms with Crippen LogP contribution in [0.15, 0.2) is 28.9 Å². The molecule has 33 heavy (non-hydrogen) atoms. The number of rotatable bonds is 3. The van der Waals surface area contributed by atoms with E-state index < -0.39 is 23.5 Å². The molecule has 1 aromatic carbocycles. The smallest absolute Gasteiger partial charge is 0.261 e. The monoisotopic (exact) mass is 562 g/mol. The molecule has 5 rings (SSSR count). The van der Waals surface area contributed by atoms with Gasteiger partial charge in [0, 0.05) is 18.5 Å². The van der Waals surface area contributed by atoms with E-state index in [2.05, 4.69) is 31.7 Å². The molecule has 1 saturated heterocycles. The Labute approximate surface area is 206 Å². The first kappa shape index (κ1) is 24.1. The van der Waals surface area contributed by atoms with Crippen LogP contribution in [0.1, 0.15) is 27.6 Å². The lowest BCUT2D eigenvalue weighted by Gasteiger charge is -2.33. The Morgan fingerprint density at radius 2 is 2.03 bits per heavy atom. The molecule has 0 radical (unpaired) electrons. The summed E-state index contributed by atoms with van der Waals surface area (Å²) in [5.41, 5.74) is 1.96. The topological polar surface area (TPSA) is 68.2 Å². The van der Waals surface area contributed by atoms with E-state index in [9.17, 15) is 18.0 Å². The Balaban J connectivity index is 0.00000259. The van der Waals surface area contributed by atoms with Crippen LogP contribution in [0, 0.1) is 17.5 Å². The Kier molecular flexibility index (Phi) is 7.04. The van der Waals surface area contributed by atoms with Crippen molar-refractivity contribution in [2.24, 2.45) is 0 Å². The third-order valence-electron chi connectivity index (χ3n) is 5.74. The van der Waals surface area contributed by atoms with Gasteiger partial charge in [-0.25, -0.2) is 13.2 Å². The second-order valence-corrected chi connectivity index (χ2v) is 9.57. The number of aromatic nitrogens is 2. The molecule has 1 amide bonds. The fourth-order valence-corrected chi connectivity index (χ4v) is 5.67. The molecule has 176 valence electrons. The van der Waals surface area contributed by atoms with Gasteiger partial charge in [-0.1, -0.05) is 11.3 Å². The fraction of sp³-hybridized carbons (Fsp3) is 0.333. The van der Waals surface area contributed by atoms with Gasteiger partial charge in [-0.2, -0.15) is 5.10 Å². The zero-order valence-corrected chi connectivity index (χ0v) is 20.3.